The van der Waals surface area contributed by atoms with Gasteiger partial charge in [-0.15, -0.1) is 0 Å². The summed E-state index contributed by atoms with van der Waals surface area (Å²) < 4.78 is 0. The van der Waals surface area contributed by atoms with E-state index in [0.29, 0.717) is 5.41 Å². The average molecular weight is 223 g/mol. The quantitative estimate of drug-likeness (QED) is 0.747. The third-order valence-corrected chi connectivity index (χ3v) is 4.94. The van der Waals surface area contributed by atoms with E-state index in [1.165, 1.54) is 51.6 Å². The van der Waals surface area contributed by atoms with Crippen molar-refractivity contribution in [3.63, 3.8) is 0 Å². The molecule has 0 aromatic carbocycles. The van der Waals surface area contributed by atoms with Crippen LogP contribution in [0.2, 0.25) is 0 Å². The molecule has 0 spiro atoms. The Balaban J connectivity index is 1.70. The van der Waals surface area contributed by atoms with Gasteiger partial charge in [-0.2, -0.15) is 0 Å². The molecule has 0 saturated heterocycles. The van der Waals surface area contributed by atoms with E-state index in [9.17, 15) is 0 Å². The Morgan fingerprint density at radius 3 is 2.50 bits per heavy atom. The highest BCUT2D eigenvalue weighted by atomic mass is 14.9. The van der Waals surface area contributed by atoms with Crippen LogP contribution in [-0.4, -0.2) is 13.1 Å². The lowest BCUT2D eigenvalue weighted by atomic mass is 9.77. The zero-order valence-corrected chi connectivity index (χ0v) is 11.4. The van der Waals surface area contributed by atoms with Gasteiger partial charge >= 0.3 is 0 Å². The van der Waals surface area contributed by atoms with Crippen molar-refractivity contribution >= 4 is 0 Å². The third-order valence-electron chi connectivity index (χ3n) is 4.94. The molecule has 2 saturated carbocycles. The van der Waals surface area contributed by atoms with E-state index in [-0.39, 0.29) is 0 Å². The van der Waals surface area contributed by atoms with Crippen LogP contribution in [0.1, 0.15) is 59.3 Å². The van der Waals surface area contributed by atoms with Gasteiger partial charge in [0, 0.05) is 0 Å². The van der Waals surface area contributed by atoms with Crippen molar-refractivity contribution in [3.8, 4) is 0 Å². The van der Waals surface area contributed by atoms with Gasteiger partial charge in [0.1, 0.15) is 0 Å². The first kappa shape index (κ1) is 12.4. The first-order chi connectivity index (χ1) is 7.63. The highest BCUT2D eigenvalue weighted by Gasteiger charge is 2.53. The minimum absolute atomic E-state index is 0.713. The van der Waals surface area contributed by atoms with E-state index < -0.39 is 0 Å². The molecular formula is C15H29N. The van der Waals surface area contributed by atoms with Crippen molar-refractivity contribution in [2.24, 2.45) is 23.2 Å². The largest absolute Gasteiger partial charge is 0.316 e. The fourth-order valence-corrected chi connectivity index (χ4v) is 3.59. The van der Waals surface area contributed by atoms with Gasteiger partial charge in [0.25, 0.3) is 0 Å². The Hall–Kier alpha value is -0.0400. The maximum Gasteiger partial charge on any atom is -0.00149 e. The predicted octanol–water partition coefficient (Wildman–Crippen LogP) is 3.84. The van der Waals surface area contributed by atoms with E-state index >= 15 is 0 Å². The van der Waals surface area contributed by atoms with Gasteiger partial charge in [0.2, 0.25) is 0 Å². The molecule has 1 heteroatoms. The summed E-state index contributed by atoms with van der Waals surface area (Å²) in [7, 11) is 0. The normalized spacial score (nSPS) is 35.6. The number of hydrogen-bond acceptors (Lipinski definition) is 1. The molecule has 2 aliphatic rings. The third kappa shape index (κ3) is 2.80. The summed E-state index contributed by atoms with van der Waals surface area (Å²) in [5.41, 5.74) is 0.713. The molecule has 0 heterocycles. The van der Waals surface area contributed by atoms with Crippen molar-refractivity contribution in [2.45, 2.75) is 59.3 Å². The van der Waals surface area contributed by atoms with Crippen LogP contribution in [0.15, 0.2) is 0 Å². The first-order valence-corrected chi connectivity index (χ1v) is 7.33. The van der Waals surface area contributed by atoms with Gasteiger partial charge in [0.05, 0.1) is 0 Å². The lowest BCUT2D eigenvalue weighted by molar-refractivity contribution is 0.225. The number of hydrogen-bond donors (Lipinski definition) is 1. The summed E-state index contributed by atoms with van der Waals surface area (Å²) >= 11 is 0. The molecule has 0 amide bonds. The van der Waals surface area contributed by atoms with Gasteiger partial charge < -0.3 is 5.32 Å². The van der Waals surface area contributed by atoms with E-state index in [2.05, 4.69) is 26.1 Å². The van der Waals surface area contributed by atoms with Crippen molar-refractivity contribution in [1.82, 2.24) is 5.32 Å². The molecule has 1 N–H and O–H groups in total. The van der Waals surface area contributed by atoms with Gasteiger partial charge in [0.15, 0.2) is 0 Å². The Morgan fingerprint density at radius 2 is 1.88 bits per heavy atom. The average Bonchev–Trinajstić information content (AvgIpc) is 2.92. The molecule has 0 aromatic heterocycles. The topological polar surface area (TPSA) is 12.0 Å². The van der Waals surface area contributed by atoms with Gasteiger partial charge in [-0.25, -0.2) is 0 Å². The van der Waals surface area contributed by atoms with Crippen LogP contribution in [0.5, 0.6) is 0 Å². The van der Waals surface area contributed by atoms with Gasteiger partial charge in [-0.05, 0) is 55.5 Å². The molecule has 2 rings (SSSR count). The monoisotopic (exact) mass is 223 g/mol. The molecule has 0 aromatic rings. The number of nitrogens with one attached hydrogen (secondary N) is 1. The highest BCUT2D eigenvalue weighted by molar-refractivity contribution is 5.04. The van der Waals surface area contributed by atoms with E-state index in [0.717, 1.165) is 17.8 Å². The molecule has 16 heavy (non-hydrogen) atoms. The van der Waals surface area contributed by atoms with Crippen LogP contribution in [0.25, 0.3) is 0 Å². The molecule has 0 radical (unpaired) electrons. The second-order valence-electron chi connectivity index (χ2n) is 6.79. The molecule has 94 valence electrons. The first-order valence-electron chi connectivity index (χ1n) is 7.33. The summed E-state index contributed by atoms with van der Waals surface area (Å²) in [6.45, 7) is 9.59. The minimum atomic E-state index is 0.713. The fraction of sp³-hybridized carbons (Fsp3) is 1.00. The van der Waals surface area contributed by atoms with Crippen LogP contribution in [0.4, 0.5) is 0 Å². The van der Waals surface area contributed by atoms with E-state index in [1.807, 2.05) is 0 Å². The molecule has 1 nitrogen and oxygen atoms in total. The minimum Gasteiger partial charge on any atom is -0.316 e. The Bertz CT molecular complexity index is 217. The van der Waals surface area contributed by atoms with Crippen molar-refractivity contribution < 1.29 is 0 Å². The predicted molar refractivity (Wildman–Crippen MR) is 70.5 cm³/mol. The molecule has 0 aliphatic heterocycles. The standard InChI is InChI=1S/C15H29N/c1-12(2)10-16-11-14-9-15(14,3)13-7-5-4-6-8-13/h12-14,16H,4-11H2,1-3H3. The number of rotatable bonds is 5. The zero-order valence-electron chi connectivity index (χ0n) is 11.4. The Labute approximate surface area is 101 Å². The summed E-state index contributed by atoms with van der Waals surface area (Å²) in [6, 6.07) is 0. The van der Waals surface area contributed by atoms with Crippen molar-refractivity contribution in [2.75, 3.05) is 13.1 Å². The van der Waals surface area contributed by atoms with Crippen LogP contribution >= 0.6 is 0 Å². The second kappa shape index (κ2) is 5.08. The van der Waals surface area contributed by atoms with Crippen LogP contribution in [0.3, 0.4) is 0 Å². The molecule has 2 fully saturated rings. The van der Waals surface area contributed by atoms with Crippen LogP contribution in [-0.2, 0) is 0 Å². The SMILES string of the molecule is CC(C)CNCC1CC1(C)C1CCCCC1. The smallest absolute Gasteiger partial charge is 0.00149 e. The summed E-state index contributed by atoms with van der Waals surface area (Å²) in [5.74, 6) is 2.82. The van der Waals surface area contributed by atoms with Gasteiger partial charge in [-0.3, -0.25) is 0 Å². The van der Waals surface area contributed by atoms with Crippen molar-refractivity contribution in [1.29, 1.82) is 0 Å². The highest BCUT2D eigenvalue weighted by Crippen LogP contribution is 2.60. The summed E-state index contributed by atoms with van der Waals surface area (Å²) in [6.07, 6.45) is 8.98. The zero-order chi connectivity index (χ0) is 11.6. The van der Waals surface area contributed by atoms with Crippen LogP contribution < -0.4 is 5.32 Å². The Kier molecular flexibility index (Phi) is 3.94. The second-order valence-corrected chi connectivity index (χ2v) is 6.79. The fourth-order valence-electron chi connectivity index (χ4n) is 3.59. The van der Waals surface area contributed by atoms with Gasteiger partial charge in [-0.1, -0.05) is 40.0 Å². The molecular weight excluding hydrogens is 194 g/mol. The lowest BCUT2D eigenvalue weighted by Crippen LogP contribution is -2.26. The van der Waals surface area contributed by atoms with Crippen LogP contribution in [0, 0.1) is 23.2 Å². The lowest BCUT2D eigenvalue weighted by Gasteiger charge is -2.29. The van der Waals surface area contributed by atoms with Crippen molar-refractivity contribution in [3.05, 3.63) is 0 Å². The van der Waals surface area contributed by atoms with E-state index in [4.69, 9.17) is 0 Å². The molecule has 2 aliphatic carbocycles. The molecule has 2 atom stereocenters. The molecule has 0 bridgehead atoms. The van der Waals surface area contributed by atoms with E-state index in [1.54, 1.807) is 0 Å². The summed E-state index contributed by atoms with van der Waals surface area (Å²) in [5, 5.41) is 3.64. The summed E-state index contributed by atoms with van der Waals surface area (Å²) in [4.78, 5) is 0. The maximum atomic E-state index is 3.64. The maximum absolute atomic E-state index is 3.64. The Morgan fingerprint density at radius 1 is 1.19 bits per heavy atom. The molecule has 2 unspecified atom stereocenters.